The van der Waals surface area contributed by atoms with Gasteiger partial charge in [-0.15, -0.1) is 0 Å². The molecule has 0 aliphatic heterocycles. The van der Waals surface area contributed by atoms with E-state index in [2.05, 4.69) is 15.6 Å². The van der Waals surface area contributed by atoms with Crippen molar-refractivity contribution in [1.82, 2.24) is 15.2 Å². The van der Waals surface area contributed by atoms with Crippen LogP contribution in [0, 0.1) is 0 Å². The van der Waals surface area contributed by atoms with E-state index in [-0.39, 0.29) is 24.2 Å². The van der Waals surface area contributed by atoms with Crippen LogP contribution in [-0.4, -0.2) is 48.4 Å². The summed E-state index contributed by atoms with van der Waals surface area (Å²) in [6.45, 7) is -0.0471. The van der Waals surface area contributed by atoms with E-state index < -0.39 is 0 Å². The van der Waals surface area contributed by atoms with Crippen molar-refractivity contribution in [2.45, 2.75) is 25.3 Å². The number of hydrogen-bond acceptors (Lipinski definition) is 6. The molecule has 1 saturated carbocycles. The molecule has 110 valence electrons. The summed E-state index contributed by atoms with van der Waals surface area (Å²) >= 11 is 1.22. The summed E-state index contributed by atoms with van der Waals surface area (Å²) in [5.41, 5.74) is 5.75. The fraction of sp³-hybridized carbons (Fsp3) is 0.583. The fourth-order valence-corrected chi connectivity index (χ4v) is 2.56. The highest BCUT2D eigenvalue weighted by atomic mass is 32.1. The predicted octanol–water partition coefficient (Wildman–Crippen LogP) is 0.508. The second-order valence-electron chi connectivity index (χ2n) is 4.98. The number of anilines is 2. The standard InChI is InChI=1S/C12H19N5O2S/c1-17(2)8(18)6-14-11(19)9-10(13)16-12(20-9)15-7-4-3-5-7/h7H,3-6,13H2,1-2H3,(H,14,19)(H,15,16). The van der Waals surface area contributed by atoms with E-state index in [0.717, 1.165) is 12.8 Å². The monoisotopic (exact) mass is 297 g/mol. The molecule has 2 rings (SSSR count). The van der Waals surface area contributed by atoms with Gasteiger partial charge in [-0.05, 0) is 19.3 Å². The van der Waals surface area contributed by atoms with Crippen molar-refractivity contribution < 1.29 is 9.59 Å². The second-order valence-corrected chi connectivity index (χ2v) is 5.98. The third-order valence-electron chi connectivity index (χ3n) is 3.19. The van der Waals surface area contributed by atoms with E-state index in [1.54, 1.807) is 14.1 Å². The van der Waals surface area contributed by atoms with Crippen LogP contribution in [0.15, 0.2) is 0 Å². The molecule has 1 aliphatic carbocycles. The van der Waals surface area contributed by atoms with E-state index in [0.29, 0.717) is 16.1 Å². The van der Waals surface area contributed by atoms with Crippen LogP contribution in [0.1, 0.15) is 28.9 Å². The summed E-state index contributed by atoms with van der Waals surface area (Å²) in [7, 11) is 3.27. The Balaban J connectivity index is 1.93. The zero-order chi connectivity index (χ0) is 14.7. The van der Waals surface area contributed by atoms with Crippen LogP contribution in [0.25, 0.3) is 0 Å². The Labute approximate surface area is 121 Å². The molecule has 1 aromatic rings. The van der Waals surface area contributed by atoms with Crippen molar-refractivity contribution in [3.8, 4) is 0 Å². The lowest BCUT2D eigenvalue weighted by Crippen LogP contribution is -2.36. The maximum Gasteiger partial charge on any atom is 0.265 e. The normalized spacial score (nSPS) is 14.5. The number of thiazole rings is 1. The Morgan fingerprint density at radius 3 is 2.70 bits per heavy atom. The first-order valence-electron chi connectivity index (χ1n) is 6.48. The number of carbonyl (C=O) groups is 2. The number of hydrogen-bond donors (Lipinski definition) is 3. The highest BCUT2D eigenvalue weighted by Gasteiger charge is 2.21. The van der Waals surface area contributed by atoms with Crippen molar-refractivity contribution >= 4 is 34.1 Å². The molecule has 1 fully saturated rings. The lowest BCUT2D eigenvalue weighted by molar-refractivity contribution is -0.127. The van der Waals surface area contributed by atoms with Crippen molar-refractivity contribution in [2.24, 2.45) is 0 Å². The van der Waals surface area contributed by atoms with Gasteiger partial charge in [0.15, 0.2) is 5.13 Å². The lowest BCUT2D eigenvalue weighted by Gasteiger charge is -2.25. The highest BCUT2D eigenvalue weighted by Crippen LogP contribution is 2.29. The maximum absolute atomic E-state index is 12.0. The summed E-state index contributed by atoms with van der Waals surface area (Å²) in [6.07, 6.45) is 3.47. The Morgan fingerprint density at radius 1 is 1.45 bits per heavy atom. The summed E-state index contributed by atoms with van der Waals surface area (Å²) < 4.78 is 0. The molecular weight excluding hydrogens is 278 g/mol. The molecule has 0 spiro atoms. The summed E-state index contributed by atoms with van der Waals surface area (Å²) in [4.78, 5) is 29.3. The lowest BCUT2D eigenvalue weighted by atomic mass is 9.93. The van der Waals surface area contributed by atoms with Gasteiger partial charge in [0, 0.05) is 20.1 Å². The van der Waals surface area contributed by atoms with E-state index in [9.17, 15) is 9.59 Å². The number of amides is 2. The van der Waals surface area contributed by atoms with E-state index in [4.69, 9.17) is 5.73 Å². The zero-order valence-corrected chi connectivity index (χ0v) is 12.4. The van der Waals surface area contributed by atoms with Crippen LogP contribution in [0.2, 0.25) is 0 Å². The maximum atomic E-state index is 12.0. The first kappa shape index (κ1) is 14.6. The molecule has 20 heavy (non-hydrogen) atoms. The third-order valence-corrected chi connectivity index (χ3v) is 4.19. The number of nitrogens with zero attached hydrogens (tertiary/aromatic N) is 2. The third kappa shape index (κ3) is 3.38. The van der Waals surface area contributed by atoms with Crippen LogP contribution in [0.4, 0.5) is 10.9 Å². The van der Waals surface area contributed by atoms with Gasteiger partial charge in [-0.1, -0.05) is 11.3 Å². The molecule has 1 aliphatic rings. The minimum atomic E-state index is -0.364. The smallest absolute Gasteiger partial charge is 0.265 e. The molecule has 2 amide bonds. The minimum Gasteiger partial charge on any atom is -0.382 e. The summed E-state index contributed by atoms with van der Waals surface area (Å²) in [5, 5.41) is 6.46. The van der Waals surface area contributed by atoms with Gasteiger partial charge in [0.25, 0.3) is 5.91 Å². The number of carbonyl (C=O) groups excluding carboxylic acids is 2. The molecule has 0 atom stereocenters. The van der Waals surface area contributed by atoms with Gasteiger partial charge in [0.05, 0.1) is 6.54 Å². The van der Waals surface area contributed by atoms with Gasteiger partial charge in [-0.3, -0.25) is 9.59 Å². The largest absolute Gasteiger partial charge is 0.382 e. The van der Waals surface area contributed by atoms with Crippen molar-refractivity contribution in [3.05, 3.63) is 4.88 Å². The molecule has 0 radical (unpaired) electrons. The Bertz CT molecular complexity index is 510. The fourth-order valence-electron chi connectivity index (χ4n) is 1.68. The quantitative estimate of drug-likeness (QED) is 0.735. The van der Waals surface area contributed by atoms with Crippen LogP contribution in [0.5, 0.6) is 0 Å². The van der Waals surface area contributed by atoms with Gasteiger partial charge >= 0.3 is 0 Å². The Kier molecular flexibility index (Phi) is 4.43. The average Bonchev–Trinajstić information content (AvgIpc) is 2.71. The summed E-state index contributed by atoms with van der Waals surface area (Å²) in [5.74, 6) is -0.335. The van der Waals surface area contributed by atoms with Gasteiger partial charge < -0.3 is 21.3 Å². The molecule has 0 bridgehead atoms. The van der Waals surface area contributed by atoms with Gasteiger partial charge in [-0.2, -0.15) is 0 Å². The molecule has 4 N–H and O–H groups in total. The molecule has 7 nitrogen and oxygen atoms in total. The van der Waals surface area contributed by atoms with Gasteiger partial charge in [0.2, 0.25) is 5.91 Å². The number of nitrogens with one attached hydrogen (secondary N) is 2. The molecule has 0 unspecified atom stereocenters. The molecule has 1 heterocycles. The number of aromatic nitrogens is 1. The van der Waals surface area contributed by atoms with Crippen molar-refractivity contribution in [2.75, 3.05) is 31.7 Å². The van der Waals surface area contributed by atoms with Crippen LogP contribution in [0.3, 0.4) is 0 Å². The van der Waals surface area contributed by atoms with E-state index >= 15 is 0 Å². The Morgan fingerprint density at radius 2 is 2.15 bits per heavy atom. The van der Waals surface area contributed by atoms with Crippen LogP contribution in [-0.2, 0) is 4.79 Å². The van der Waals surface area contributed by atoms with Crippen LogP contribution < -0.4 is 16.4 Å². The van der Waals surface area contributed by atoms with Crippen LogP contribution >= 0.6 is 11.3 Å². The first-order chi connectivity index (χ1) is 9.47. The first-order valence-corrected chi connectivity index (χ1v) is 7.30. The molecule has 0 saturated heterocycles. The molecule has 1 aromatic heterocycles. The molecular formula is C12H19N5O2S. The average molecular weight is 297 g/mol. The topological polar surface area (TPSA) is 100 Å². The second kappa shape index (κ2) is 6.08. The zero-order valence-electron chi connectivity index (χ0n) is 11.6. The van der Waals surface area contributed by atoms with Gasteiger partial charge in [0.1, 0.15) is 10.7 Å². The Hall–Kier alpha value is -1.83. The van der Waals surface area contributed by atoms with Crippen molar-refractivity contribution in [3.63, 3.8) is 0 Å². The minimum absolute atomic E-state index is 0.0471. The van der Waals surface area contributed by atoms with Gasteiger partial charge in [-0.25, -0.2) is 4.98 Å². The summed E-state index contributed by atoms with van der Waals surface area (Å²) in [6, 6.07) is 0.437. The number of nitrogens with two attached hydrogens (primary N) is 1. The SMILES string of the molecule is CN(C)C(=O)CNC(=O)c1sc(NC2CCC2)nc1N. The molecule has 0 aromatic carbocycles. The predicted molar refractivity (Wildman–Crippen MR) is 78.8 cm³/mol. The van der Waals surface area contributed by atoms with E-state index in [1.807, 2.05) is 0 Å². The number of rotatable bonds is 5. The highest BCUT2D eigenvalue weighted by molar-refractivity contribution is 7.18. The van der Waals surface area contributed by atoms with E-state index in [1.165, 1.54) is 22.7 Å². The number of nitrogen functional groups attached to an aromatic ring is 1. The molecule has 8 heteroatoms. The van der Waals surface area contributed by atoms with Crippen molar-refractivity contribution in [1.29, 1.82) is 0 Å². The number of likely N-dealkylation sites (N-methyl/N-ethyl adjacent to an activating group) is 1.